The van der Waals surface area contributed by atoms with Gasteiger partial charge in [-0.3, -0.25) is 4.99 Å². The van der Waals surface area contributed by atoms with Crippen molar-refractivity contribution in [2.75, 3.05) is 20.1 Å². The Kier molecular flexibility index (Phi) is 9.32. The number of aliphatic imine (C=N–C) groups is 1. The molecule has 0 radical (unpaired) electrons. The van der Waals surface area contributed by atoms with Crippen molar-refractivity contribution in [2.45, 2.75) is 33.6 Å². The van der Waals surface area contributed by atoms with E-state index in [2.05, 4.69) is 57.0 Å². The molecule has 0 aliphatic rings. The number of aryl methyl sites for hydroxylation is 3. The highest BCUT2D eigenvalue weighted by Crippen LogP contribution is 2.29. The molecule has 28 heavy (non-hydrogen) atoms. The molecule has 0 atom stereocenters. The Hall–Kier alpha value is -1.04. The maximum Gasteiger partial charge on any atom is 0.191 e. The van der Waals surface area contributed by atoms with Gasteiger partial charge in [-0.2, -0.15) is 0 Å². The third kappa shape index (κ3) is 6.50. The van der Waals surface area contributed by atoms with E-state index in [1.807, 2.05) is 18.3 Å². The van der Waals surface area contributed by atoms with E-state index in [1.54, 1.807) is 29.7 Å². The Morgan fingerprint density at radius 1 is 1.04 bits per heavy atom. The van der Waals surface area contributed by atoms with Gasteiger partial charge in [0.15, 0.2) is 5.96 Å². The number of aromatic nitrogens is 2. The van der Waals surface area contributed by atoms with Crippen molar-refractivity contribution >= 4 is 63.9 Å². The zero-order valence-electron chi connectivity index (χ0n) is 16.5. The summed E-state index contributed by atoms with van der Waals surface area (Å²) < 4.78 is 0. The molecule has 3 rings (SSSR count). The van der Waals surface area contributed by atoms with Gasteiger partial charge in [0.1, 0.15) is 0 Å². The fourth-order valence-corrected chi connectivity index (χ4v) is 5.17. The highest BCUT2D eigenvalue weighted by molar-refractivity contribution is 14.0. The van der Waals surface area contributed by atoms with Crippen molar-refractivity contribution in [2.24, 2.45) is 4.99 Å². The first-order valence-corrected chi connectivity index (χ1v) is 11.4. The molecule has 0 unspecified atom stereocenters. The highest BCUT2D eigenvalue weighted by atomic mass is 127. The predicted molar refractivity (Wildman–Crippen MR) is 134 cm³/mol. The SMILES string of the molecule is CN=C(NCCc1ccc(-c2csc(C)n2)s1)NCCc1nc(C)c(C)s1.I. The Morgan fingerprint density at radius 3 is 2.39 bits per heavy atom. The van der Waals surface area contributed by atoms with E-state index in [1.165, 1.54) is 19.6 Å². The van der Waals surface area contributed by atoms with Crippen molar-refractivity contribution in [1.29, 1.82) is 0 Å². The Bertz CT molecular complexity index is 893. The topological polar surface area (TPSA) is 62.2 Å². The molecule has 0 spiro atoms. The first-order valence-electron chi connectivity index (χ1n) is 8.94. The molecule has 2 N–H and O–H groups in total. The molecule has 3 aromatic rings. The highest BCUT2D eigenvalue weighted by Gasteiger charge is 2.07. The van der Waals surface area contributed by atoms with Crippen LogP contribution in [0.2, 0.25) is 0 Å². The van der Waals surface area contributed by atoms with Gasteiger partial charge in [-0.25, -0.2) is 9.97 Å². The van der Waals surface area contributed by atoms with Crippen molar-refractivity contribution < 1.29 is 0 Å². The number of nitrogens with zero attached hydrogens (tertiary/aromatic N) is 3. The number of thiazole rings is 2. The lowest BCUT2D eigenvalue weighted by atomic mass is 10.3. The van der Waals surface area contributed by atoms with Crippen LogP contribution in [0.1, 0.15) is 25.5 Å². The fourth-order valence-electron chi connectivity index (χ4n) is 2.59. The number of hydrogen-bond acceptors (Lipinski definition) is 6. The molecule has 0 saturated carbocycles. The molecular weight excluding hydrogens is 521 g/mol. The number of halogens is 1. The molecule has 5 nitrogen and oxygen atoms in total. The summed E-state index contributed by atoms with van der Waals surface area (Å²) in [7, 11) is 1.81. The predicted octanol–water partition coefficient (Wildman–Crippen LogP) is 4.82. The van der Waals surface area contributed by atoms with Gasteiger partial charge in [-0.1, -0.05) is 0 Å². The summed E-state index contributed by atoms with van der Waals surface area (Å²) in [6.45, 7) is 7.91. The van der Waals surface area contributed by atoms with Crippen molar-refractivity contribution in [3.05, 3.63) is 43.0 Å². The summed E-state index contributed by atoms with van der Waals surface area (Å²) in [5.74, 6) is 0.840. The minimum absolute atomic E-state index is 0. The fraction of sp³-hybridized carbons (Fsp3) is 0.421. The molecule has 0 saturated heterocycles. The number of thiophene rings is 1. The molecule has 0 fully saturated rings. The first-order chi connectivity index (χ1) is 13.0. The van der Waals surface area contributed by atoms with E-state index in [0.717, 1.165) is 48.3 Å². The summed E-state index contributed by atoms with van der Waals surface area (Å²) in [5, 5.41) is 11.2. The summed E-state index contributed by atoms with van der Waals surface area (Å²) in [4.78, 5) is 17.3. The lowest BCUT2D eigenvalue weighted by Crippen LogP contribution is -2.39. The molecule has 3 heterocycles. The van der Waals surface area contributed by atoms with Crippen LogP contribution in [0, 0.1) is 20.8 Å². The Labute approximate surface area is 195 Å². The van der Waals surface area contributed by atoms with Crippen LogP contribution in [0.3, 0.4) is 0 Å². The van der Waals surface area contributed by atoms with Gasteiger partial charge >= 0.3 is 0 Å². The molecule has 0 aliphatic carbocycles. The average Bonchev–Trinajstić information content (AvgIpc) is 3.35. The lowest BCUT2D eigenvalue weighted by Gasteiger charge is -2.10. The van der Waals surface area contributed by atoms with E-state index in [0.29, 0.717) is 0 Å². The number of hydrogen-bond donors (Lipinski definition) is 2. The average molecular weight is 548 g/mol. The van der Waals surface area contributed by atoms with Crippen LogP contribution in [0.5, 0.6) is 0 Å². The standard InChI is InChI=1S/C19H25N5S3.HI/c1-12-13(2)26-18(23-12)8-10-22-19(20-4)21-9-7-15-5-6-17(27-15)16-11-25-14(3)24-16;/h5-6,11H,7-10H2,1-4H3,(H2,20,21,22);1H. The second-order valence-electron chi connectivity index (χ2n) is 6.19. The minimum atomic E-state index is 0. The zero-order chi connectivity index (χ0) is 19.2. The molecule has 152 valence electrons. The third-order valence-electron chi connectivity index (χ3n) is 4.12. The van der Waals surface area contributed by atoms with Crippen LogP contribution in [-0.2, 0) is 12.8 Å². The van der Waals surface area contributed by atoms with Gasteiger partial charge in [0, 0.05) is 41.7 Å². The first kappa shape index (κ1) is 23.2. The number of guanidine groups is 1. The molecule has 0 bridgehead atoms. The van der Waals surface area contributed by atoms with Crippen LogP contribution in [0.4, 0.5) is 0 Å². The molecule has 3 aromatic heterocycles. The summed E-state index contributed by atoms with van der Waals surface area (Å²) in [6, 6.07) is 4.36. The Morgan fingerprint density at radius 2 is 1.79 bits per heavy atom. The van der Waals surface area contributed by atoms with Crippen LogP contribution in [0.25, 0.3) is 10.6 Å². The minimum Gasteiger partial charge on any atom is -0.356 e. The second-order valence-corrected chi connectivity index (χ2v) is 9.71. The van der Waals surface area contributed by atoms with Gasteiger partial charge in [-0.05, 0) is 39.3 Å². The summed E-state index contributed by atoms with van der Waals surface area (Å²) >= 11 is 5.29. The number of rotatable bonds is 7. The van der Waals surface area contributed by atoms with Gasteiger partial charge in [-0.15, -0.1) is 58.0 Å². The van der Waals surface area contributed by atoms with E-state index >= 15 is 0 Å². The van der Waals surface area contributed by atoms with Gasteiger partial charge < -0.3 is 10.6 Å². The maximum absolute atomic E-state index is 4.58. The van der Waals surface area contributed by atoms with Crippen molar-refractivity contribution in [3.63, 3.8) is 0 Å². The quantitative estimate of drug-likeness (QED) is 0.253. The third-order valence-corrected chi connectivity index (χ3v) is 7.20. The van der Waals surface area contributed by atoms with Gasteiger partial charge in [0.05, 0.1) is 26.3 Å². The molecule has 9 heteroatoms. The van der Waals surface area contributed by atoms with Crippen molar-refractivity contribution in [1.82, 2.24) is 20.6 Å². The molecular formula is C19H26IN5S3. The maximum atomic E-state index is 4.58. The lowest BCUT2D eigenvalue weighted by molar-refractivity contribution is 0.784. The van der Waals surface area contributed by atoms with E-state index < -0.39 is 0 Å². The number of nitrogens with one attached hydrogen (secondary N) is 2. The van der Waals surface area contributed by atoms with Gasteiger partial charge in [0.25, 0.3) is 0 Å². The second kappa shape index (κ2) is 11.2. The van der Waals surface area contributed by atoms with Crippen LogP contribution < -0.4 is 10.6 Å². The van der Waals surface area contributed by atoms with E-state index in [9.17, 15) is 0 Å². The normalized spacial score (nSPS) is 11.4. The summed E-state index contributed by atoms with van der Waals surface area (Å²) in [6.07, 6.45) is 1.89. The van der Waals surface area contributed by atoms with Crippen LogP contribution in [0.15, 0.2) is 22.5 Å². The zero-order valence-corrected chi connectivity index (χ0v) is 21.3. The van der Waals surface area contributed by atoms with Crippen LogP contribution >= 0.6 is 58.0 Å². The Balaban J connectivity index is 0.00000280. The monoisotopic (exact) mass is 547 g/mol. The molecule has 0 aliphatic heterocycles. The summed E-state index contributed by atoms with van der Waals surface area (Å²) in [5.41, 5.74) is 2.23. The molecule has 0 aromatic carbocycles. The largest absolute Gasteiger partial charge is 0.356 e. The van der Waals surface area contributed by atoms with Crippen LogP contribution in [-0.4, -0.2) is 36.1 Å². The smallest absolute Gasteiger partial charge is 0.191 e. The van der Waals surface area contributed by atoms with Gasteiger partial charge in [0.2, 0.25) is 0 Å². The van der Waals surface area contributed by atoms with E-state index in [-0.39, 0.29) is 24.0 Å². The molecule has 0 amide bonds. The van der Waals surface area contributed by atoms with Crippen molar-refractivity contribution in [3.8, 4) is 10.6 Å². The van der Waals surface area contributed by atoms with E-state index in [4.69, 9.17) is 0 Å².